The molecule has 13 N–H and O–H groups in total. The maximum absolute atomic E-state index is 11.6. The number of hydrogen-bond acceptors (Lipinski definition) is 13. The van der Waals surface area contributed by atoms with Crippen LogP contribution >= 0.6 is 7.82 Å². The van der Waals surface area contributed by atoms with Crippen LogP contribution in [0.4, 0.5) is 0 Å². The second-order valence-electron chi connectivity index (χ2n) is 6.85. The molecular weight excluding hydrogens is 447 g/mol. The smallest absolute Gasteiger partial charge is 0.472 e. The number of carbonyl (C=O) groups is 1. The molecule has 0 aromatic carbocycles. The molecule has 0 aromatic rings. The van der Waals surface area contributed by atoms with Gasteiger partial charge in [0.25, 0.3) is 0 Å². The van der Waals surface area contributed by atoms with E-state index in [1.165, 1.54) is 0 Å². The molecule has 0 amide bonds. The molecule has 0 radical (unpaired) electrons. The number of phosphoric ester groups is 1. The minimum absolute atomic E-state index is 0.520. The maximum atomic E-state index is 11.6. The largest absolute Gasteiger partial charge is 0.480 e. The fourth-order valence-electron chi connectivity index (χ4n) is 2.37. The molecule has 4 unspecified atom stereocenters. The molecule has 31 heavy (non-hydrogen) atoms. The van der Waals surface area contributed by atoms with E-state index in [0.29, 0.717) is 13.0 Å². The standard InChI is InChI=1S/C9H19O11P.C6H14N2O2/c10-1-3(11)2-19-21(17,18)20-9-7(15)5(13)4(12)6(14)8(9)16;7-4-2-1-3-5(8)6(9)10/h3-16H,1-2H2,(H,17,18);5H,1-4,7-8H2,(H,9,10)/t3-,4?,5-,6+,7+,8+,9?;/m0./s1. The van der Waals surface area contributed by atoms with E-state index < -0.39 is 75.8 Å². The third kappa shape index (κ3) is 10.6. The van der Waals surface area contributed by atoms with Gasteiger partial charge in [0.15, 0.2) is 0 Å². The van der Waals surface area contributed by atoms with Crippen molar-refractivity contribution in [1.29, 1.82) is 0 Å². The average molecular weight is 480 g/mol. The second kappa shape index (κ2) is 14.4. The zero-order valence-corrected chi connectivity index (χ0v) is 17.5. The van der Waals surface area contributed by atoms with E-state index in [0.717, 1.165) is 12.8 Å². The Morgan fingerprint density at radius 3 is 1.90 bits per heavy atom. The van der Waals surface area contributed by atoms with E-state index >= 15 is 0 Å². The van der Waals surface area contributed by atoms with Gasteiger partial charge in [-0.3, -0.25) is 13.8 Å². The Morgan fingerprint density at radius 1 is 1.00 bits per heavy atom. The number of aliphatic hydroxyl groups excluding tert-OH is 7. The van der Waals surface area contributed by atoms with Crippen molar-refractivity contribution in [1.82, 2.24) is 0 Å². The van der Waals surface area contributed by atoms with Crippen LogP contribution in [0.2, 0.25) is 0 Å². The van der Waals surface area contributed by atoms with Crippen LogP contribution in [-0.2, 0) is 18.4 Å². The van der Waals surface area contributed by atoms with Crippen LogP contribution in [0.15, 0.2) is 0 Å². The molecule has 1 fully saturated rings. The molecule has 1 aliphatic rings. The van der Waals surface area contributed by atoms with Gasteiger partial charge in [-0.25, -0.2) is 4.57 Å². The Kier molecular flexibility index (Phi) is 14.0. The van der Waals surface area contributed by atoms with E-state index in [1.54, 1.807) is 0 Å². The van der Waals surface area contributed by atoms with Gasteiger partial charge in [0.1, 0.15) is 48.8 Å². The van der Waals surface area contributed by atoms with Crippen molar-refractivity contribution < 1.29 is 64.2 Å². The molecule has 16 heteroatoms. The number of rotatable bonds is 11. The molecule has 0 saturated heterocycles. The van der Waals surface area contributed by atoms with Crippen LogP contribution in [0.5, 0.6) is 0 Å². The van der Waals surface area contributed by atoms with Gasteiger partial charge >= 0.3 is 13.8 Å². The molecule has 1 saturated carbocycles. The third-order valence-electron chi connectivity index (χ3n) is 4.26. The van der Waals surface area contributed by atoms with Gasteiger partial charge in [-0.1, -0.05) is 6.42 Å². The minimum Gasteiger partial charge on any atom is -0.480 e. The van der Waals surface area contributed by atoms with Crippen molar-refractivity contribution in [3.8, 4) is 0 Å². The molecule has 186 valence electrons. The molecule has 1 rings (SSSR count). The maximum Gasteiger partial charge on any atom is 0.472 e. The highest BCUT2D eigenvalue weighted by Crippen LogP contribution is 2.46. The monoisotopic (exact) mass is 480 g/mol. The van der Waals surface area contributed by atoms with Gasteiger partial charge in [-0.05, 0) is 19.4 Å². The second-order valence-corrected chi connectivity index (χ2v) is 8.26. The first-order chi connectivity index (χ1) is 14.3. The minimum atomic E-state index is -4.87. The summed E-state index contributed by atoms with van der Waals surface area (Å²) in [6.45, 7) is -0.901. The molecule has 9 atom stereocenters. The Morgan fingerprint density at radius 2 is 1.48 bits per heavy atom. The number of unbranched alkanes of at least 4 members (excludes halogenated alkanes) is 1. The molecule has 0 bridgehead atoms. The lowest BCUT2D eigenvalue weighted by Gasteiger charge is -2.41. The van der Waals surface area contributed by atoms with Crippen LogP contribution in [0, 0.1) is 0 Å². The Hall–Kier alpha value is -0.780. The number of aliphatic carboxylic acids is 1. The van der Waals surface area contributed by atoms with Crippen LogP contribution in [0.25, 0.3) is 0 Å². The Balaban J connectivity index is 0.000000759. The van der Waals surface area contributed by atoms with Gasteiger partial charge in [-0.15, -0.1) is 0 Å². The topological polar surface area (TPSA) is 287 Å². The zero-order valence-electron chi connectivity index (χ0n) is 16.6. The van der Waals surface area contributed by atoms with Gasteiger partial charge < -0.3 is 57.2 Å². The average Bonchev–Trinajstić information content (AvgIpc) is 2.72. The summed E-state index contributed by atoms with van der Waals surface area (Å²) in [5, 5.41) is 73.2. The predicted octanol–water partition coefficient (Wildman–Crippen LogP) is -4.81. The number of phosphoric acid groups is 1. The van der Waals surface area contributed by atoms with E-state index in [-0.39, 0.29) is 0 Å². The van der Waals surface area contributed by atoms with Crippen LogP contribution < -0.4 is 11.5 Å². The van der Waals surface area contributed by atoms with E-state index in [4.69, 9.17) is 26.8 Å². The normalized spacial score (nSPS) is 32.3. The van der Waals surface area contributed by atoms with Crippen molar-refractivity contribution in [2.24, 2.45) is 11.5 Å². The summed E-state index contributed by atoms with van der Waals surface area (Å²) in [5.74, 6) is -0.933. The summed E-state index contributed by atoms with van der Waals surface area (Å²) in [5.41, 5.74) is 10.4. The summed E-state index contributed by atoms with van der Waals surface area (Å²) in [7, 11) is -4.87. The fourth-order valence-corrected chi connectivity index (χ4v) is 3.35. The number of hydrogen-bond donors (Lipinski definition) is 11. The predicted molar refractivity (Wildman–Crippen MR) is 102 cm³/mol. The first kappa shape index (κ1) is 30.2. The SMILES string of the molecule is NCCCCC(N)C(=O)O.O=P(O)(OC[C@@H](O)CO)OC1[C@H](O)[C@H](O)C(O)[C@H](O)[C@H]1O. The lowest BCUT2D eigenvalue weighted by molar-refractivity contribution is -0.220. The lowest BCUT2D eigenvalue weighted by Crippen LogP contribution is -2.64. The summed E-state index contributed by atoms with van der Waals surface area (Å²) in [6.07, 6.45) is -10.8. The number of nitrogens with two attached hydrogens (primary N) is 2. The van der Waals surface area contributed by atoms with Crippen molar-refractivity contribution in [3.63, 3.8) is 0 Å². The van der Waals surface area contributed by atoms with Crippen molar-refractivity contribution >= 4 is 13.8 Å². The van der Waals surface area contributed by atoms with Gasteiger partial charge in [0.05, 0.1) is 13.2 Å². The summed E-state index contributed by atoms with van der Waals surface area (Å²) in [4.78, 5) is 19.5. The highest BCUT2D eigenvalue weighted by Gasteiger charge is 2.51. The van der Waals surface area contributed by atoms with Gasteiger partial charge in [-0.2, -0.15) is 0 Å². The summed E-state index contributed by atoms with van der Waals surface area (Å²) in [6, 6.07) is -0.716. The third-order valence-corrected chi connectivity index (χ3v) is 5.24. The number of carboxylic acids is 1. The molecule has 15 nitrogen and oxygen atoms in total. The quantitative estimate of drug-likeness (QED) is 0.0976. The Labute approximate surface area is 178 Å². The van der Waals surface area contributed by atoms with Crippen LogP contribution in [0.3, 0.4) is 0 Å². The number of carboxylic acid groups (broad SMARTS) is 1. The highest BCUT2D eigenvalue weighted by molar-refractivity contribution is 7.47. The number of aliphatic hydroxyl groups is 7. The van der Waals surface area contributed by atoms with E-state index in [2.05, 4.69) is 9.05 Å². The molecule has 0 spiro atoms. The lowest BCUT2D eigenvalue weighted by atomic mass is 9.85. The van der Waals surface area contributed by atoms with Crippen molar-refractivity contribution in [2.45, 2.75) is 68.0 Å². The molecule has 0 aromatic heterocycles. The first-order valence-corrected chi connectivity index (χ1v) is 10.8. The van der Waals surface area contributed by atoms with Gasteiger partial charge in [0, 0.05) is 0 Å². The summed E-state index contributed by atoms with van der Waals surface area (Å²) < 4.78 is 20.3. The fraction of sp³-hybridized carbons (Fsp3) is 0.933. The van der Waals surface area contributed by atoms with Crippen molar-refractivity contribution in [2.75, 3.05) is 19.8 Å². The van der Waals surface area contributed by atoms with Crippen molar-refractivity contribution in [3.05, 3.63) is 0 Å². The van der Waals surface area contributed by atoms with E-state index in [1.807, 2.05) is 0 Å². The zero-order chi connectivity index (χ0) is 24.4. The van der Waals surface area contributed by atoms with Crippen LogP contribution in [0.1, 0.15) is 19.3 Å². The molecule has 1 aliphatic carbocycles. The summed E-state index contributed by atoms with van der Waals surface area (Å²) >= 11 is 0. The molecule has 0 heterocycles. The molecule has 0 aliphatic heterocycles. The molecular formula is C15H33N2O13P. The van der Waals surface area contributed by atoms with E-state index in [9.17, 15) is 39.8 Å². The first-order valence-electron chi connectivity index (χ1n) is 9.32. The van der Waals surface area contributed by atoms with Crippen LogP contribution in [-0.4, -0.2) is 120 Å². The highest BCUT2D eigenvalue weighted by atomic mass is 31.2. The van der Waals surface area contributed by atoms with Gasteiger partial charge in [0.2, 0.25) is 0 Å². The Bertz CT molecular complexity index is 555.